The standard InChI is InChI=1S/C14H26O3/c1-10(16)8-11-12(14(11,4)5)9-13(2,3)17-7-6-15/h11-12,15H,6-9H2,1-5H3/t11-,12-/m1/s1. The van der Waals surface area contributed by atoms with Crippen LogP contribution < -0.4 is 0 Å². The van der Waals surface area contributed by atoms with Gasteiger partial charge in [-0.1, -0.05) is 13.8 Å². The van der Waals surface area contributed by atoms with Crippen LogP contribution in [-0.2, 0) is 9.53 Å². The highest BCUT2D eigenvalue weighted by molar-refractivity contribution is 5.76. The quantitative estimate of drug-likeness (QED) is 0.745. The van der Waals surface area contributed by atoms with E-state index >= 15 is 0 Å². The summed E-state index contributed by atoms with van der Waals surface area (Å²) in [5, 5.41) is 8.78. The molecule has 1 aliphatic carbocycles. The average molecular weight is 242 g/mol. The van der Waals surface area contributed by atoms with Crippen molar-refractivity contribution in [2.24, 2.45) is 17.3 Å². The Bertz CT molecular complexity index is 281. The molecule has 0 aromatic carbocycles. The van der Waals surface area contributed by atoms with Crippen LogP contribution in [0.5, 0.6) is 0 Å². The van der Waals surface area contributed by atoms with Gasteiger partial charge < -0.3 is 14.6 Å². The highest BCUT2D eigenvalue weighted by Gasteiger charge is 2.58. The van der Waals surface area contributed by atoms with Crippen LogP contribution in [0.1, 0.15) is 47.5 Å². The maximum absolute atomic E-state index is 11.2. The van der Waals surface area contributed by atoms with Crippen LogP contribution in [0.4, 0.5) is 0 Å². The normalized spacial score (nSPS) is 26.9. The third-order valence-corrected chi connectivity index (χ3v) is 4.09. The molecule has 0 aliphatic heterocycles. The van der Waals surface area contributed by atoms with Crippen molar-refractivity contribution in [3.63, 3.8) is 0 Å². The molecular formula is C14H26O3. The Morgan fingerprint density at radius 3 is 2.41 bits per heavy atom. The van der Waals surface area contributed by atoms with Crippen LogP contribution in [0.15, 0.2) is 0 Å². The van der Waals surface area contributed by atoms with Crippen molar-refractivity contribution in [3.05, 3.63) is 0 Å². The van der Waals surface area contributed by atoms with Crippen LogP contribution in [0.3, 0.4) is 0 Å². The fraction of sp³-hybridized carbons (Fsp3) is 0.929. The van der Waals surface area contributed by atoms with E-state index in [1.54, 1.807) is 6.92 Å². The summed E-state index contributed by atoms with van der Waals surface area (Å²) < 4.78 is 5.64. The smallest absolute Gasteiger partial charge is 0.130 e. The predicted molar refractivity (Wildman–Crippen MR) is 67.8 cm³/mol. The van der Waals surface area contributed by atoms with E-state index in [2.05, 4.69) is 27.7 Å². The fourth-order valence-electron chi connectivity index (χ4n) is 2.89. The first-order valence-corrected chi connectivity index (χ1v) is 6.45. The van der Waals surface area contributed by atoms with Gasteiger partial charge in [0.15, 0.2) is 0 Å². The Morgan fingerprint density at radius 2 is 1.94 bits per heavy atom. The molecule has 1 saturated carbocycles. The fourth-order valence-corrected chi connectivity index (χ4v) is 2.89. The molecule has 3 nitrogen and oxygen atoms in total. The molecule has 0 aromatic rings. The van der Waals surface area contributed by atoms with Gasteiger partial charge in [0.1, 0.15) is 5.78 Å². The second-order valence-corrected chi connectivity index (χ2v) is 6.48. The molecule has 1 aliphatic rings. The van der Waals surface area contributed by atoms with E-state index in [-0.39, 0.29) is 23.4 Å². The van der Waals surface area contributed by atoms with Gasteiger partial charge in [-0.25, -0.2) is 0 Å². The van der Waals surface area contributed by atoms with Crippen LogP contribution >= 0.6 is 0 Å². The van der Waals surface area contributed by atoms with Gasteiger partial charge >= 0.3 is 0 Å². The molecule has 1 fully saturated rings. The molecule has 0 spiro atoms. The second-order valence-electron chi connectivity index (χ2n) is 6.48. The minimum atomic E-state index is -0.212. The molecular weight excluding hydrogens is 216 g/mol. The monoisotopic (exact) mass is 242 g/mol. The summed E-state index contributed by atoms with van der Waals surface area (Å²) in [6, 6.07) is 0. The van der Waals surface area contributed by atoms with Crippen molar-refractivity contribution in [2.75, 3.05) is 13.2 Å². The molecule has 0 heterocycles. The van der Waals surface area contributed by atoms with Gasteiger partial charge in [0.25, 0.3) is 0 Å². The summed E-state index contributed by atoms with van der Waals surface area (Å²) in [5.74, 6) is 1.33. The predicted octanol–water partition coefficient (Wildman–Crippen LogP) is 2.42. The highest BCUT2D eigenvalue weighted by Crippen LogP contribution is 2.63. The van der Waals surface area contributed by atoms with Crippen LogP contribution in [-0.4, -0.2) is 29.7 Å². The summed E-state index contributed by atoms with van der Waals surface area (Å²) in [4.78, 5) is 11.2. The molecule has 0 radical (unpaired) electrons. The number of rotatable bonds is 7. The maximum Gasteiger partial charge on any atom is 0.130 e. The van der Waals surface area contributed by atoms with E-state index in [9.17, 15) is 4.79 Å². The van der Waals surface area contributed by atoms with Crippen LogP contribution in [0.2, 0.25) is 0 Å². The summed E-state index contributed by atoms with van der Waals surface area (Å²) in [5.41, 5.74) is 0.0434. The lowest BCUT2D eigenvalue weighted by Gasteiger charge is -2.25. The molecule has 0 saturated heterocycles. The summed E-state index contributed by atoms with van der Waals surface area (Å²) in [7, 11) is 0. The van der Waals surface area contributed by atoms with Gasteiger partial charge in [0.05, 0.1) is 18.8 Å². The van der Waals surface area contributed by atoms with Gasteiger partial charge in [-0.3, -0.25) is 0 Å². The van der Waals surface area contributed by atoms with Gasteiger partial charge in [-0.05, 0) is 44.4 Å². The lowest BCUT2D eigenvalue weighted by molar-refractivity contribution is -0.117. The Kier molecular flexibility index (Phi) is 4.37. The molecule has 3 heteroatoms. The summed E-state index contributed by atoms with van der Waals surface area (Å²) in [6.45, 7) is 10.7. The van der Waals surface area contributed by atoms with Crippen molar-refractivity contribution in [3.8, 4) is 0 Å². The molecule has 0 amide bonds. The molecule has 0 bridgehead atoms. The molecule has 2 atom stereocenters. The zero-order valence-corrected chi connectivity index (χ0v) is 11.7. The van der Waals surface area contributed by atoms with Gasteiger partial charge in [-0.2, -0.15) is 0 Å². The minimum Gasteiger partial charge on any atom is -0.394 e. The molecule has 0 aromatic heterocycles. The number of aliphatic hydroxyl groups excluding tert-OH is 1. The van der Waals surface area contributed by atoms with Crippen molar-refractivity contribution in [1.29, 1.82) is 0 Å². The number of ether oxygens (including phenoxy) is 1. The zero-order valence-electron chi connectivity index (χ0n) is 11.7. The van der Waals surface area contributed by atoms with Gasteiger partial charge in [-0.15, -0.1) is 0 Å². The van der Waals surface area contributed by atoms with E-state index in [0.29, 0.717) is 24.9 Å². The van der Waals surface area contributed by atoms with E-state index < -0.39 is 0 Å². The van der Waals surface area contributed by atoms with Crippen molar-refractivity contribution < 1.29 is 14.6 Å². The van der Waals surface area contributed by atoms with E-state index in [0.717, 1.165) is 6.42 Å². The van der Waals surface area contributed by atoms with Crippen molar-refractivity contribution in [2.45, 2.75) is 53.1 Å². The molecule has 17 heavy (non-hydrogen) atoms. The Balaban J connectivity index is 2.49. The third kappa shape index (κ3) is 3.78. The molecule has 1 rings (SSSR count). The number of aliphatic hydroxyl groups is 1. The molecule has 100 valence electrons. The third-order valence-electron chi connectivity index (χ3n) is 4.09. The summed E-state index contributed by atoms with van der Waals surface area (Å²) in [6.07, 6.45) is 1.64. The first kappa shape index (κ1) is 14.7. The first-order valence-electron chi connectivity index (χ1n) is 6.45. The topological polar surface area (TPSA) is 46.5 Å². The Hall–Kier alpha value is -0.410. The molecule has 0 unspecified atom stereocenters. The second kappa shape index (κ2) is 5.07. The lowest BCUT2D eigenvalue weighted by Crippen LogP contribution is -2.27. The maximum atomic E-state index is 11.2. The Labute approximate surface area is 105 Å². The Morgan fingerprint density at radius 1 is 1.35 bits per heavy atom. The van der Waals surface area contributed by atoms with Crippen molar-refractivity contribution >= 4 is 5.78 Å². The van der Waals surface area contributed by atoms with E-state index in [1.807, 2.05) is 0 Å². The largest absolute Gasteiger partial charge is 0.394 e. The van der Waals surface area contributed by atoms with Crippen molar-refractivity contribution in [1.82, 2.24) is 0 Å². The van der Waals surface area contributed by atoms with E-state index in [4.69, 9.17) is 9.84 Å². The number of carbonyl (C=O) groups is 1. The average Bonchev–Trinajstić information content (AvgIpc) is 2.65. The van der Waals surface area contributed by atoms with Crippen LogP contribution in [0, 0.1) is 17.3 Å². The number of hydrogen-bond donors (Lipinski definition) is 1. The molecule has 1 N–H and O–H groups in total. The number of Topliss-reactive ketones (excluding diaryl/α,β-unsaturated/α-hetero) is 1. The zero-order chi connectivity index (χ0) is 13.3. The number of ketones is 1. The minimum absolute atomic E-state index is 0.0639. The number of hydrogen-bond acceptors (Lipinski definition) is 3. The first-order chi connectivity index (χ1) is 7.70. The lowest BCUT2D eigenvalue weighted by atomic mass is 9.97. The number of carbonyl (C=O) groups excluding carboxylic acids is 1. The van der Waals surface area contributed by atoms with E-state index in [1.165, 1.54) is 0 Å². The van der Waals surface area contributed by atoms with Crippen LogP contribution in [0.25, 0.3) is 0 Å². The van der Waals surface area contributed by atoms with Gasteiger partial charge in [0, 0.05) is 6.42 Å². The SMILES string of the molecule is CC(=O)C[C@@H]1[C@@H](CC(C)(C)OCCO)C1(C)C. The summed E-state index contributed by atoms with van der Waals surface area (Å²) >= 11 is 0. The van der Waals surface area contributed by atoms with Gasteiger partial charge in [0.2, 0.25) is 0 Å². The highest BCUT2D eigenvalue weighted by atomic mass is 16.5.